The van der Waals surface area contributed by atoms with Gasteiger partial charge in [-0.1, -0.05) is 13.8 Å². The molecule has 0 atom stereocenters. The molecule has 0 radical (unpaired) electrons. The summed E-state index contributed by atoms with van der Waals surface area (Å²) in [7, 11) is 0. The van der Waals surface area contributed by atoms with Crippen LogP contribution in [0.25, 0.3) is 0 Å². The van der Waals surface area contributed by atoms with Crippen molar-refractivity contribution in [3.8, 4) is 0 Å². The van der Waals surface area contributed by atoms with E-state index < -0.39 is 0 Å². The van der Waals surface area contributed by atoms with E-state index in [0.717, 1.165) is 24.6 Å². The summed E-state index contributed by atoms with van der Waals surface area (Å²) in [6.45, 7) is 8.24. The van der Waals surface area contributed by atoms with Gasteiger partial charge in [0.15, 0.2) is 0 Å². The van der Waals surface area contributed by atoms with Gasteiger partial charge in [0.2, 0.25) is 5.95 Å². The van der Waals surface area contributed by atoms with Crippen LogP contribution in [0.2, 0.25) is 0 Å². The topological polar surface area (TPSA) is 29.0 Å². The average molecular weight is 193 g/mol. The smallest absolute Gasteiger partial charge is 0.225 e. The van der Waals surface area contributed by atoms with Gasteiger partial charge < -0.3 is 4.90 Å². The van der Waals surface area contributed by atoms with E-state index in [9.17, 15) is 0 Å². The standard InChI is InChI=1S/C9H13N3.C2H6/c1-8-6-10-9(11-7-8)12-4-2-3-5-12;1-2/h6-7H,2-5H2,1H3;1-2H3. The minimum Gasteiger partial charge on any atom is -0.341 e. The van der Waals surface area contributed by atoms with Crippen LogP contribution < -0.4 is 4.90 Å². The van der Waals surface area contributed by atoms with Crippen molar-refractivity contribution >= 4 is 5.95 Å². The number of anilines is 1. The number of nitrogens with zero attached hydrogens (tertiary/aromatic N) is 3. The zero-order chi connectivity index (χ0) is 10.4. The molecule has 0 saturated carbocycles. The van der Waals surface area contributed by atoms with Gasteiger partial charge in [-0.05, 0) is 25.3 Å². The predicted octanol–water partition coefficient (Wildman–Crippen LogP) is 2.41. The van der Waals surface area contributed by atoms with Gasteiger partial charge in [0.1, 0.15) is 0 Å². The molecule has 0 spiro atoms. The summed E-state index contributed by atoms with van der Waals surface area (Å²) in [5, 5.41) is 0. The highest BCUT2D eigenvalue weighted by molar-refractivity contribution is 5.30. The molecule has 1 aliphatic heterocycles. The van der Waals surface area contributed by atoms with Crippen molar-refractivity contribution in [1.29, 1.82) is 0 Å². The van der Waals surface area contributed by atoms with Crippen LogP contribution in [0.5, 0.6) is 0 Å². The molecule has 1 fully saturated rings. The van der Waals surface area contributed by atoms with Crippen molar-refractivity contribution in [3.05, 3.63) is 18.0 Å². The van der Waals surface area contributed by atoms with Gasteiger partial charge in [0, 0.05) is 25.5 Å². The number of aromatic nitrogens is 2. The van der Waals surface area contributed by atoms with Crippen LogP contribution in [0, 0.1) is 6.92 Å². The molecule has 2 heterocycles. The molecule has 0 amide bonds. The second-order valence-electron chi connectivity index (χ2n) is 3.25. The lowest BCUT2D eigenvalue weighted by Gasteiger charge is -2.13. The van der Waals surface area contributed by atoms with Crippen molar-refractivity contribution in [1.82, 2.24) is 9.97 Å². The van der Waals surface area contributed by atoms with Crippen LogP contribution >= 0.6 is 0 Å². The van der Waals surface area contributed by atoms with Crippen LogP contribution in [0.3, 0.4) is 0 Å². The SMILES string of the molecule is CC.Cc1cnc(N2CCCC2)nc1. The lowest BCUT2D eigenvalue weighted by molar-refractivity contribution is 0.894. The molecule has 0 aromatic carbocycles. The minimum atomic E-state index is 0.887. The van der Waals surface area contributed by atoms with Crippen molar-refractivity contribution in [2.75, 3.05) is 18.0 Å². The molecule has 1 aliphatic rings. The van der Waals surface area contributed by atoms with E-state index in [2.05, 4.69) is 14.9 Å². The first kappa shape index (κ1) is 11.0. The predicted molar refractivity (Wildman–Crippen MR) is 59.6 cm³/mol. The van der Waals surface area contributed by atoms with Crippen LogP contribution in [-0.4, -0.2) is 23.1 Å². The number of hydrogen-bond acceptors (Lipinski definition) is 3. The Hall–Kier alpha value is -1.12. The number of aryl methyl sites for hydroxylation is 1. The Kier molecular flexibility index (Phi) is 4.36. The molecule has 14 heavy (non-hydrogen) atoms. The molecule has 2 rings (SSSR count). The second-order valence-corrected chi connectivity index (χ2v) is 3.25. The Morgan fingerprint density at radius 2 is 1.57 bits per heavy atom. The van der Waals surface area contributed by atoms with Gasteiger partial charge in [0.05, 0.1) is 0 Å². The second kappa shape index (κ2) is 5.58. The maximum atomic E-state index is 4.28. The molecule has 3 heteroatoms. The first-order chi connectivity index (χ1) is 6.86. The Balaban J connectivity index is 0.000000461. The summed E-state index contributed by atoms with van der Waals surface area (Å²) in [5.74, 6) is 0.887. The fourth-order valence-electron chi connectivity index (χ4n) is 1.47. The van der Waals surface area contributed by atoms with E-state index in [4.69, 9.17) is 0 Å². The van der Waals surface area contributed by atoms with E-state index in [1.165, 1.54) is 12.8 Å². The van der Waals surface area contributed by atoms with Gasteiger partial charge in [-0.25, -0.2) is 9.97 Å². The summed E-state index contributed by atoms with van der Waals surface area (Å²) in [6, 6.07) is 0. The van der Waals surface area contributed by atoms with Gasteiger partial charge >= 0.3 is 0 Å². The van der Waals surface area contributed by atoms with Crippen LogP contribution in [0.15, 0.2) is 12.4 Å². The third-order valence-corrected chi connectivity index (χ3v) is 2.16. The third kappa shape index (κ3) is 2.69. The fraction of sp³-hybridized carbons (Fsp3) is 0.636. The van der Waals surface area contributed by atoms with Gasteiger partial charge in [0.25, 0.3) is 0 Å². The molecular formula is C11H19N3. The molecule has 1 aromatic rings. The Labute approximate surface area is 86.2 Å². The minimum absolute atomic E-state index is 0.887. The highest BCUT2D eigenvalue weighted by atomic mass is 15.3. The van der Waals surface area contributed by atoms with Crippen LogP contribution in [-0.2, 0) is 0 Å². The number of hydrogen-bond donors (Lipinski definition) is 0. The van der Waals surface area contributed by atoms with E-state index in [0.29, 0.717) is 0 Å². The first-order valence-electron chi connectivity index (χ1n) is 5.40. The maximum absolute atomic E-state index is 4.28. The molecule has 78 valence electrons. The quantitative estimate of drug-likeness (QED) is 0.686. The van der Waals surface area contributed by atoms with Gasteiger partial charge in [-0.3, -0.25) is 0 Å². The van der Waals surface area contributed by atoms with Crippen molar-refractivity contribution in [2.45, 2.75) is 33.6 Å². The molecular weight excluding hydrogens is 174 g/mol. The zero-order valence-corrected chi connectivity index (χ0v) is 9.32. The lowest BCUT2D eigenvalue weighted by Crippen LogP contribution is -2.20. The molecule has 1 saturated heterocycles. The largest absolute Gasteiger partial charge is 0.341 e. The number of rotatable bonds is 1. The summed E-state index contributed by atoms with van der Waals surface area (Å²) in [5.41, 5.74) is 1.12. The molecule has 1 aromatic heterocycles. The maximum Gasteiger partial charge on any atom is 0.225 e. The van der Waals surface area contributed by atoms with Gasteiger partial charge in [-0.15, -0.1) is 0 Å². The van der Waals surface area contributed by atoms with Crippen molar-refractivity contribution in [2.24, 2.45) is 0 Å². The Morgan fingerprint density at radius 1 is 1.07 bits per heavy atom. The Morgan fingerprint density at radius 3 is 2.07 bits per heavy atom. The normalized spacial score (nSPS) is 14.9. The summed E-state index contributed by atoms with van der Waals surface area (Å²) < 4.78 is 0. The average Bonchev–Trinajstić information content (AvgIpc) is 2.75. The van der Waals surface area contributed by atoms with Crippen LogP contribution in [0.1, 0.15) is 32.3 Å². The third-order valence-electron chi connectivity index (χ3n) is 2.16. The van der Waals surface area contributed by atoms with E-state index in [1.807, 2.05) is 33.2 Å². The van der Waals surface area contributed by atoms with E-state index in [1.54, 1.807) is 0 Å². The zero-order valence-electron chi connectivity index (χ0n) is 9.32. The van der Waals surface area contributed by atoms with Crippen molar-refractivity contribution < 1.29 is 0 Å². The molecule has 0 aliphatic carbocycles. The highest BCUT2D eigenvalue weighted by Gasteiger charge is 2.13. The first-order valence-corrected chi connectivity index (χ1v) is 5.40. The van der Waals surface area contributed by atoms with Crippen molar-refractivity contribution in [3.63, 3.8) is 0 Å². The monoisotopic (exact) mass is 193 g/mol. The molecule has 0 N–H and O–H groups in total. The molecule has 0 bridgehead atoms. The van der Waals surface area contributed by atoms with Crippen LogP contribution in [0.4, 0.5) is 5.95 Å². The summed E-state index contributed by atoms with van der Waals surface area (Å²) in [6.07, 6.45) is 6.30. The Bertz CT molecular complexity index is 250. The highest BCUT2D eigenvalue weighted by Crippen LogP contribution is 2.14. The fourth-order valence-corrected chi connectivity index (χ4v) is 1.47. The summed E-state index contributed by atoms with van der Waals surface area (Å²) >= 11 is 0. The molecule has 0 unspecified atom stereocenters. The van der Waals surface area contributed by atoms with Gasteiger partial charge in [-0.2, -0.15) is 0 Å². The lowest BCUT2D eigenvalue weighted by atomic mass is 10.4. The van der Waals surface area contributed by atoms with E-state index >= 15 is 0 Å². The molecule has 3 nitrogen and oxygen atoms in total. The van der Waals surface area contributed by atoms with E-state index in [-0.39, 0.29) is 0 Å². The summed E-state index contributed by atoms with van der Waals surface area (Å²) in [4.78, 5) is 10.8.